The number of methoxy groups -OCH3 is 3. The molecule has 34 heavy (non-hydrogen) atoms. The zero-order chi connectivity index (χ0) is 25.8. The van der Waals surface area contributed by atoms with Gasteiger partial charge in [0.1, 0.15) is 0 Å². The lowest BCUT2D eigenvalue weighted by Gasteiger charge is -2.29. The maximum absolute atomic E-state index is 11.6. The third-order valence-corrected chi connectivity index (χ3v) is 7.13. The summed E-state index contributed by atoms with van der Waals surface area (Å²) in [5, 5.41) is 0. The SMILES string of the molecule is CC[C@H](C)[C@H](OC)[C@H](C)C[C@@H](C)CCC[C@@H](C)CCc1nc(OC)c(OC)c(OC(C)=O)c1C. The average molecular weight is 480 g/mol. The number of aryl methyl sites for hydroxylation is 1. The van der Waals surface area contributed by atoms with Gasteiger partial charge in [-0.3, -0.25) is 4.79 Å². The molecule has 1 aromatic rings. The Morgan fingerprint density at radius 1 is 0.912 bits per heavy atom. The van der Waals surface area contributed by atoms with Crippen molar-refractivity contribution in [3.63, 3.8) is 0 Å². The van der Waals surface area contributed by atoms with Crippen LogP contribution in [-0.2, 0) is 16.0 Å². The van der Waals surface area contributed by atoms with E-state index < -0.39 is 5.97 Å². The number of rotatable bonds is 16. The summed E-state index contributed by atoms with van der Waals surface area (Å²) in [6.07, 6.45) is 8.22. The Bertz CT molecular complexity index is 751. The number of esters is 1. The van der Waals surface area contributed by atoms with Gasteiger partial charge < -0.3 is 18.9 Å². The summed E-state index contributed by atoms with van der Waals surface area (Å²) in [6.45, 7) is 14.9. The fraction of sp³-hybridized carbons (Fsp3) is 0.786. The molecule has 5 atom stereocenters. The molecular weight excluding hydrogens is 430 g/mol. The standard InChI is InChI=1S/C28H49NO5/c1-11-20(4)25(31-8)21(5)17-19(3)14-12-13-18(2)15-16-24-22(6)26(34-23(7)30)27(32-9)28(29-24)33-10/h18-21,25H,11-17H2,1-10H3/t18-,19+,20+,21-,25+/m1/s1. The van der Waals surface area contributed by atoms with Crippen molar-refractivity contribution in [1.82, 2.24) is 4.98 Å². The highest BCUT2D eigenvalue weighted by Gasteiger charge is 2.24. The van der Waals surface area contributed by atoms with E-state index in [2.05, 4.69) is 39.6 Å². The third kappa shape index (κ3) is 9.09. The smallest absolute Gasteiger partial charge is 0.308 e. The maximum Gasteiger partial charge on any atom is 0.308 e. The summed E-state index contributed by atoms with van der Waals surface area (Å²) in [5.41, 5.74) is 1.72. The summed E-state index contributed by atoms with van der Waals surface area (Å²) in [5.74, 6) is 3.19. The van der Waals surface area contributed by atoms with Gasteiger partial charge in [-0.1, -0.05) is 60.3 Å². The van der Waals surface area contributed by atoms with E-state index >= 15 is 0 Å². The lowest BCUT2D eigenvalue weighted by Crippen LogP contribution is -2.28. The zero-order valence-electron chi connectivity index (χ0n) is 23.3. The van der Waals surface area contributed by atoms with Crippen LogP contribution in [0.5, 0.6) is 17.4 Å². The van der Waals surface area contributed by atoms with Crippen LogP contribution in [0.15, 0.2) is 0 Å². The molecule has 0 saturated heterocycles. The summed E-state index contributed by atoms with van der Waals surface area (Å²) in [6, 6.07) is 0. The minimum absolute atomic E-state index is 0.348. The summed E-state index contributed by atoms with van der Waals surface area (Å²) >= 11 is 0. The van der Waals surface area contributed by atoms with Crippen LogP contribution in [0.2, 0.25) is 0 Å². The highest BCUT2D eigenvalue weighted by Crippen LogP contribution is 2.40. The van der Waals surface area contributed by atoms with Crippen LogP contribution in [0.4, 0.5) is 0 Å². The molecule has 6 heteroatoms. The van der Waals surface area contributed by atoms with E-state index in [-0.39, 0.29) is 0 Å². The first kappa shape index (κ1) is 30.2. The number of hydrogen-bond donors (Lipinski definition) is 0. The van der Waals surface area contributed by atoms with E-state index in [0.29, 0.717) is 47.2 Å². The summed E-state index contributed by atoms with van der Waals surface area (Å²) in [4.78, 5) is 16.2. The van der Waals surface area contributed by atoms with Gasteiger partial charge in [-0.15, -0.1) is 0 Å². The first-order valence-electron chi connectivity index (χ1n) is 12.9. The van der Waals surface area contributed by atoms with Crippen LogP contribution in [0.3, 0.4) is 0 Å². The first-order valence-corrected chi connectivity index (χ1v) is 12.9. The lowest BCUT2D eigenvalue weighted by atomic mass is 9.83. The minimum atomic E-state index is -0.390. The number of hydrogen-bond acceptors (Lipinski definition) is 6. The Labute approximate surface area is 208 Å². The van der Waals surface area contributed by atoms with Crippen LogP contribution < -0.4 is 14.2 Å². The van der Waals surface area contributed by atoms with Crippen molar-refractivity contribution >= 4 is 5.97 Å². The molecule has 0 aliphatic carbocycles. The molecule has 0 amide bonds. The molecule has 0 fully saturated rings. The first-order chi connectivity index (χ1) is 16.1. The molecule has 0 unspecified atom stereocenters. The van der Waals surface area contributed by atoms with E-state index in [1.807, 2.05) is 14.0 Å². The monoisotopic (exact) mass is 479 g/mol. The Hall–Kier alpha value is -1.82. The second kappa shape index (κ2) is 15.2. The number of pyridine rings is 1. The molecule has 0 radical (unpaired) electrons. The van der Waals surface area contributed by atoms with E-state index in [9.17, 15) is 4.79 Å². The van der Waals surface area contributed by atoms with E-state index in [1.165, 1.54) is 39.7 Å². The third-order valence-electron chi connectivity index (χ3n) is 7.13. The molecule has 1 heterocycles. The molecule has 1 rings (SSSR count). The Morgan fingerprint density at radius 2 is 1.56 bits per heavy atom. The topological polar surface area (TPSA) is 66.9 Å². The molecule has 0 saturated carbocycles. The van der Waals surface area contributed by atoms with Crippen LogP contribution >= 0.6 is 0 Å². The summed E-state index contributed by atoms with van der Waals surface area (Å²) in [7, 11) is 4.92. The number of carbonyl (C=O) groups excluding carboxylic acids is 1. The van der Waals surface area contributed by atoms with Gasteiger partial charge >= 0.3 is 5.97 Å². The normalized spacial score (nSPS) is 15.8. The van der Waals surface area contributed by atoms with Gasteiger partial charge in [0.2, 0.25) is 5.75 Å². The van der Waals surface area contributed by atoms with E-state index in [0.717, 1.165) is 30.5 Å². The maximum atomic E-state index is 11.6. The Morgan fingerprint density at radius 3 is 2.09 bits per heavy atom. The van der Waals surface area contributed by atoms with Crippen molar-refractivity contribution in [1.29, 1.82) is 0 Å². The van der Waals surface area contributed by atoms with Crippen LogP contribution in [-0.4, -0.2) is 38.4 Å². The van der Waals surface area contributed by atoms with Crippen molar-refractivity contribution in [2.45, 2.75) is 99.5 Å². The van der Waals surface area contributed by atoms with Gasteiger partial charge in [-0.05, 0) is 49.9 Å². The largest absolute Gasteiger partial charge is 0.489 e. The molecule has 0 aromatic carbocycles. The molecule has 0 spiro atoms. The number of aromatic nitrogens is 1. The van der Waals surface area contributed by atoms with Crippen LogP contribution in [0, 0.1) is 30.6 Å². The van der Waals surface area contributed by atoms with Crippen molar-refractivity contribution in [2.24, 2.45) is 23.7 Å². The fourth-order valence-corrected chi connectivity index (χ4v) is 4.97. The molecule has 196 valence electrons. The van der Waals surface area contributed by atoms with Gasteiger partial charge in [0, 0.05) is 19.6 Å². The van der Waals surface area contributed by atoms with Crippen molar-refractivity contribution < 1.29 is 23.7 Å². The highest BCUT2D eigenvalue weighted by molar-refractivity contribution is 5.72. The second-order valence-corrected chi connectivity index (χ2v) is 10.1. The molecule has 0 N–H and O–H groups in total. The van der Waals surface area contributed by atoms with Gasteiger partial charge in [0.25, 0.3) is 5.88 Å². The van der Waals surface area contributed by atoms with Crippen LogP contribution in [0.1, 0.15) is 91.3 Å². The van der Waals surface area contributed by atoms with Gasteiger partial charge in [0.05, 0.1) is 26.0 Å². The van der Waals surface area contributed by atoms with Gasteiger partial charge in [0.15, 0.2) is 5.75 Å². The zero-order valence-corrected chi connectivity index (χ0v) is 23.3. The predicted octanol–water partition coefficient (Wildman–Crippen LogP) is 6.79. The fourth-order valence-electron chi connectivity index (χ4n) is 4.97. The van der Waals surface area contributed by atoms with Crippen molar-refractivity contribution in [3.05, 3.63) is 11.3 Å². The second-order valence-electron chi connectivity index (χ2n) is 10.1. The van der Waals surface area contributed by atoms with Gasteiger partial charge in [-0.25, -0.2) is 4.98 Å². The Balaban J connectivity index is 2.63. The molecule has 6 nitrogen and oxygen atoms in total. The van der Waals surface area contributed by atoms with Crippen LogP contribution in [0.25, 0.3) is 0 Å². The van der Waals surface area contributed by atoms with E-state index in [1.54, 1.807) is 7.11 Å². The number of nitrogens with zero attached hydrogens (tertiary/aromatic N) is 1. The lowest BCUT2D eigenvalue weighted by molar-refractivity contribution is -0.132. The average Bonchev–Trinajstić information content (AvgIpc) is 2.79. The molecular formula is C28H49NO5. The molecule has 0 bridgehead atoms. The number of carbonyl (C=O) groups is 1. The van der Waals surface area contributed by atoms with Crippen molar-refractivity contribution in [2.75, 3.05) is 21.3 Å². The highest BCUT2D eigenvalue weighted by atomic mass is 16.6. The van der Waals surface area contributed by atoms with E-state index in [4.69, 9.17) is 18.9 Å². The Kier molecular flexibility index (Phi) is 13.5. The molecule has 1 aromatic heterocycles. The quantitative estimate of drug-likeness (QED) is 0.243. The number of ether oxygens (including phenoxy) is 4. The molecule has 0 aliphatic rings. The van der Waals surface area contributed by atoms with Crippen molar-refractivity contribution in [3.8, 4) is 17.4 Å². The predicted molar refractivity (Wildman–Crippen MR) is 138 cm³/mol. The molecule has 0 aliphatic heterocycles. The van der Waals surface area contributed by atoms with Gasteiger partial charge in [-0.2, -0.15) is 0 Å². The minimum Gasteiger partial charge on any atom is -0.489 e. The summed E-state index contributed by atoms with van der Waals surface area (Å²) < 4.78 is 22.0.